The van der Waals surface area contributed by atoms with Gasteiger partial charge in [0, 0.05) is 18.4 Å². The van der Waals surface area contributed by atoms with E-state index in [9.17, 15) is 14.7 Å². The van der Waals surface area contributed by atoms with Gasteiger partial charge in [0.2, 0.25) is 0 Å². The molecule has 0 aromatic carbocycles. The summed E-state index contributed by atoms with van der Waals surface area (Å²) >= 11 is 0. The van der Waals surface area contributed by atoms with Crippen LogP contribution in [0.25, 0.3) is 0 Å². The fourth-order valence-corrected chi connectivity index (χ4v) is 8.36. The lowest BCUT2D eigenvalue weighted by atomic mass is 9.43. The second-order valence-electron chi connectivity index (χ2n) is 12.0. The van der Waals surface area contributed by atoms with Crippen molar-refractivity contribution < 1.29 is 19.1 Å². The Morgan fingerprint density at radius 1 is 1.20 bits per heavy atom. The van der Waals surface area contributed by atoms with Gasteiger partial charge in [0.05, 0.1) is 0 Å². The predicted molar refractivity (Wildman–Crippen MR) is 123 cm³/mol. The molecule has 3 aliphatic rings. The number of aliphatic carboxylic acids is 1. The molecule has 4 nitrogen and oxygen atoms in total. The van der Waals surface area contributed by atoms with Crippen LogP contribution in [0.15, 0.2) is 11.6 Å². The number of Topliss-reactive ketones (excluding diaryl/α,β-unsaturated/α-hetero) is 1. The first-order valence-electron chi connectivity index (χ1n) is 11.9. The van der Waals surface area contributed by atoms with Crippen LogP contribution in [0.5, 0.6) is 0 Å². The van der Waals surface area contributed by atoms with Crippen molar-refractivity contribution in [3.05, 3.63) is 11.6 Å². The van der Waals surface area contributed by atoms with E-state index in [0.29, 0.717) is 18.1 Å². The van der Waals surface area contributed by atoms with Gasteiger partial charge in [-0.15, -0.1) is 0 Å². The highest BCUT2D eigenvalue weighted by Crippen LogP contribution is 2.64. The van der Waals surface area contributed by atoms with Crippen LogP contribution in [0.1, 0.15) is 72.6 Å². The largest absolute Gasteiger partial charge is 0.481 e. The fourth-order valence-electron chi connectivity index (χ4n) is 7.15. The fraction of sp³-hybridized carbons (Fsp3) is 0.840. The summed E-state index contributed by atoms with van der Waals surface area (Å²) in [6, 6.07) is 0. The van der Waals surface area contributed by atoms with E-state index in [1.165, 1.54) is 0 Å². The van der Waals surface area contributed by atoms with E-state index in [0.717, 1.165) is 37.7 Å². The van der Waals surface area contributed by atoms with Gasteiger partial charge in [0.1, 0.15) is 0 Å². The minimum atomic E-state index is -1.62. The summed E-state index contributed by atoms with van der Waals surface area (Å²) in [6.45, 7) is 15.7. The summed E-state index contributed by atoms with van der Waals surface area (Å²) < 4.78 is 6.49. The molecule has 0 aromatic rings. The van der Waals surface area contributed by atoms with E-state index >= 15 is 0 Å². The molecule has 3 saturated carbocycles. The number of carboxylic acids is 1. The first kappa shape index (κ1) is 23.7. The monoisotopic (exact) mass is 434 g/mol. The van der Waals surface area contributed by atoms with Gasteiger partial charge in [-0.05, 0) is 99.2 Å². The summed E-state index contributed by atoms with van der Waals surface area (Å²) in [6.07, 6.45) is 8.38. The van der Waals surface area contributed by atoms with Crippen molar-refractivity contribution in [2.75, 3.05) is 0 Å². The van der Waals surface area contributed by atoms with E-state index < -0.39 is 14.3 Å². The van der Waals surface area contributed by atoms with Crippen LogP contribution >= 0.6 is 0 Å². The van der Waals surface area contributed by atoms with Crippen LogP contribution in [0.4, 0.5) is 0 Å². The molecule has 4 unspecified atom stereocenters. The molecular formula is C25H42O4Si. The number of hydrogen-bond acceptors (Lipinski definition) is 3. The summed E-state index contributed by atoms with van der Waals surface area (Å²) in [5.74, 6) is 0.293. The Labute approximate surface area is 184 Å². The quantitative estimate of drug-likeness (QED) is 0.421. The van der Waals surface area contributed by atoms with Gasteiger partial charge in [-0.3, -0.25) is 9.59 Å². The van der Waals surface area contributed by atoms with Crippen LogP contribution in [0.2, 0.25) is 19.6 Å². The zero-order chi connectivity index (χ0) is 22.5. The SMILES string of the molecule is C/C=C1/C(=O)C2C(CCC(=O)O)C(C)(C)CCC2[C@@]2(C)CCC(O[Si](C)(C)C)C[C@@H]12. The molecule has 170 valence electrons. The molecule has 0 saturated heterocycles. The summed E-state index contributed by atoms with van der Waals surface area (Å²) in [4.78, 5) is 25.2. The van der Waals surface area contributed by atoms with E-state index in [4.69, 9.17) is 4.43 Å². The number of fused-ring (bicyclic) bond motifs is 3. The van der Waals surface area contributed by atoms with Crippen LogP contribution in [-0.2, 0) is 14.0 Å². The lowest BCUT2D eigenvalue weighted by molar-refractivity contribution is -0.151. The average molecular weight is 435 g/mol. The van der Waals surface area contributed by atoms with Gasteiger partial charge < -0.3 is 9.53 Å². The van der Waals surface area contributed by atoms with Crippen molar-refractivity contribution in [3.63, 3.8) is 0 Å². The average Bonchev–Trinajstić information content (AvgIpc) is 2.60. The highest BCUT2D eigenvalue weighted by atomic mass is 28.4. The number of ketones is 1. The predicted octanol–water partition coefficient (Wildman–Crippen LogP) is 6.08. The number of rotatable bonds is 5. The molecule has 1 N–H and O–H groups in total. The lowest BCUT2D eigenvalue weighted by Crippen LogP contribution is -2.58. The smallest absolute Gasteiger partial charge is 0.303 e. The first-order valence-corrected chi connectivity index (χ1v) is 15.3. The number of carbonyl (C=O) groups is 2. The lowest BCUT2D eigenvalue weighted by Gasteiger charge is -2.61. The Hall–Kier alpha value is -0.943. The van der Waals surface area contributed by atoms with E-state index in [2.05, 4.69) is 46.5 Å². The molecule has 3 rings (SSSR count). The van der Waals surface area contributed by atoms with Crippen molar-refractivity contribution in [2.45, 2.75) is 98.4 Å². The third-order valence-electron chi connectivity index (χ3n) is 8.58. The number of hydrogen-bond donors (Lipinski definition) is 1. The van der Waals surface area contributed by atoms with E-state index in [1.54, 1.807) is 0 Å². The maximum Gasteiger partial charge on any atom is 0.303 e. The molecule has 30 heavy (non-hydrogen) atoms. The standard InChI is InChI=1S/C25H42O4Si/c1-8-17-20-15-16(29-30(5,6)7)11-14-25(20,4)19-12-13-24(2,3)18(9-10-21(26)27)22(19)23(17)28/h8,16,18-20,22H,9-15H2,1-7H3,(H,26,27)/b17-8+/t16?,18?,19?,20-,22?,25+/m0/s1. The third-order valence-corrected chi connectivity index (χ3v) is 9.62. The molecule has 0 amide bonds. The molecule has 5 heteroatoms. The zero-order valence-corrected chi connectivity index (χ0v) is 21.1. The molecule has 6 atom stereocenters. The molecule has 0 bridgehead atoms. The Kier molecular flexibility index (Phi) is 6.48. The Balaban J connectivity index is 1.95. The zero-order valence-electron chi connectivity index (χ0n) is 20.1. The molecule has 3 aliphatic carbocycles. The summed E-state index contributed by atoms with van der Waals surface area (Å²) in [5, 5.41) is 9.33. The molecule has 0 aromatic heterocycles. The van der Waals surface area contributed by atoms with Crippen LogP contribution in [0, 0.1) is 34.5 Å². The highest BCUT2D eigenvalue weighted by Gasteiger charge is 2.60. The number of carbonyl (C=O) groups excluding carboxylic acids is 1. The maximum absolute atomic E-state index is 13.9. The van der Waals surface area contributed by atoms with Crippen molar-refractivity contribution in [1.29, 1.82) is 0 Å². The van der Waals surface area contributed by atoms with Gasteiger partial charge in [0.15, 0.2) is 14.1 Å². The van der Waals surface area contributed by atoms with Crippen molar-refractivity contribution in [3.8, 4) is 0 Å². The van der Waals surface area contributed by atoms with E-state index in [1.807, 2.05) is 6.92 Å². The van der Waals surface area contributed by atoms with Crippen LogP contribution in [-0.4, -0.2) is 31.3 Å². The number of carboxylic acid groups (broad SMARTS) is 1. The summed E-state index contributed by atoms with van der Waals surface area (Å²) in [7, 11) is -1.62. The molecule has 0 radical (unpaired) electrons. The van der Waals surface area contributed by atoms with Gasteiger partial charge in [0.25, 0.3) is 0 Å². The second kappa shape index (κ2) is 8.20. The second-order valence-corrected chi connectivity index (χ2v) is 16.5. The van der Waals surface area contributed by atoms with Crippen molar-refractivity contribution >= 4 is 20.1 Å². The van der Waals surface area contributed by atoms with Gasteiger partial charge in [-0.1, -0.05) is 26.8 Å². The highest BCUT2D eigenvalue weighted by molar-refractivity contribution is 6.69. The van der Waals surface area contributed by atoms with Gasteiger partial charge in [-0.25, -0.2) is 0 Å². The molecule has 0 aliphatic heterocycles. The minimum absolute atomic E-state index is 0.00642. The van der Waals surface area contributed by atoms with Crippen LogP contribution < -0.4 is 0 Å². The number of allylic oxidation sites excluding steroid dienone is 2. The molecule has 0 heterocycles. The minimum Gasteiger partial charge on any atom is -0.481 e. The molecular weight excluding hydrogens is 392 g/mol. The van der Waals surface area contributed by atoms with Crippen molar-refractivity contribution in [2.24, 2.45) is 34.5 Å². The Morgan fingerprint density at radius 2 is 1.87 bits per heavy atom. The van der Waals surface area contributed by atoms with Crippen LogP contribution in [0.3, 0.4) is 0 Å². The Morgan fingerprint density at radius 3 is 2.43 bits per heavy atom. The first-order chi connectivity index (χ1) is 13.8. The molecule has 0 spiro atoms. The topological polar surface area (TPSA) is 63.6 Å². The van der Waals surface area contributed by atoms with Crippen molar-refractivity contribution in [1.82, 2.24) is 0 Å². The third kappa shape index (κ3) is 4.34. The van der Waals surface area contributed by atoms with Gasteiger partial charge in [-0.2, -0.15) is 0 Å². The Bertz CT molecular complexity index is 719. The normalized spacial score (nSPS) is 40.0. The summed E-state index contributed by atoms with van der Waals surface area (Å²) in [5.41, 5.74) is 1.12. The van der Waals surface area contributed by atoms with E-state index in [-0.39, 0.29) is 41.1 Å². The van der Waals surface area contributed by atoms with Gasteiger partial charge >= 0.3 is 5.97 Å². The maximum atomic E-state index is 13.9. The molecule has 3 fully saturated rings.